The smallest absolute Gasteiger partial charge is 0.353 e. The molecule has 1 heterocycles. The summed E-state index contributed by atoms with van der Waals surface area (Å²) in [5.41, 5.74) is 2.00. The van der Waals surface area contributed by atoms with Gasteiger partial charge < -0.3 is 9.67 Å². The van der Waals surface area contributed by atoms with Crippen molar-refractivity contribution < 1.29 is 9.90 Å². The van der Waals surface area contributed by atoms with E-state index in [0.717, 1.165) is 15.6 Å². The summed E-state index contributed by atoms with van der Waals surface area (Å²) >= 11 is 3.39. The number of benzene rings is 1. The molecule has 0 aliphatic carbocycles. The van der Waals surface area contributed by atoms with Crippen LogP contribution in [0.3, 0.4) is 0 Å². The lowest BCUT2D eigenvalue weighted by atomic mass is 10.1. The van der Waals surface area contributed by atoms with Gasteiger partial charge in [0.2, 0.25) is 0 Å². The molecule has 0 bridgehead atoms. The van der Waals surface area contributed by atoms with E-state index in [1.165, 1.54) is 0 Å². The highest BCUT2D eigenvalue weighted by Crippen LogP contribution is 2.27. The molecule has 2 rings (SSSR count). The Hall–Kier alpha value is -1.55. The molecule has 17 heavy (non-hydrogen) atoms. The lowest BCUT2D eigenvalue weighted by molar-refractivity contribution is 0.0686. The lowest BCUT2D eigenvalue weighted by Crippen LogP contribution is -2.07. The second-order valence-corrected chi connectivity index (χ2v) is 4.60. The molecule has 0 aliphatic heterocycles. The summed E-state index contributed by atoms with van der Waals surface area (Å²) in [4.78, 5) is 11.3. The first-order valence-electron chi connectivity index (χ1n) is 5.32. The number of hydrogen-bond donors (Lipinski definition) is 1. The summed E-state index contributed by atoms with van der Waals surface area (Å²) in [6.45, 7) is 2.58. The fraction of sp³-hybridized carbons (Fsp3) is 0.154. The minimum Gasteiger partial charge on any atom is -0.477 e. The maximum Gasteiger partial charge on any atom is 0.353 e. The van der Waals surface area contributed by atoms with E-state index in [-0.39, 0.29) is 0 Å². The number of rotatable bonds is 3. The van der Waals surface area contributed by atoms with Gasteiger partial charge in [0.1, 0.15) is 5.69 Å². The van der Waals surface area contributed by atoms with Crippen molar-refractivity contribution in [2.45, 2.75) is 13.5 Å². The van der Waals surface area contributed by atoms with Crippen LogP contribution in [-0.4, -0.2) is 15.6 Å². The van der Waals surface area contributed by atoms with Crippen LogP contribution in [0.25, 0.3) is 11.1 Å². The third-order valence-corrected chi connectivity index (χ3v) is 3.14. The zero-order chi connectivity index (χ0) is 12.4. The Morgan fingerprint density at radius 3 is 2.76 bits per heavy atom. The minimum atomic E-state index is -0.896. The van der Waals surface area contributed by atoms with Gasteiger partial charge >= 0.3 is 5.97 Å². The molecular weight excluding hydrogens is 282 g/mol. The molecule has 1 N–H and O–H groups in total. The van der Waals surface area contributed by atoms with Gasteiger partial charge in [0.25, 0.3) is 0 Å². The molecule has 0 saturated carbocycles. The summed E-state index contributed by atoms with van der Waals surface area (Å²) in [7, 11) is 0. The maximum atomic E-state index is 11.3. The Morgan fingerprint density at radius 2 is 2.18 bits per heavy atom. The van der Waals surface area contributed by atoms with E-state index in [9.17, 15) is 9.90 Å². The summed E-state index contributed by atoms with van der Waals surface area (Å²) in [5.74, 6) is -0.896. The summed E-state index contributed by atoms with van der Waals surface area (Å²) in [5, 5.41) is 9.26. The number of halogens is 1. The number of aromatic carboxylic acids is 1. The van der Waals surface area contributed by atoms with Crippen molar-refractivity contribution in [2.75, 3.05) is 0 Å². The third kappa shape index (κ3) is 2.26. The van der Waals surface area contributed by atoms with Crippen molar-refractivity contribution in [2.24, 2.45) is 0 Å². The SMILES string of the molecule is CCn1ccc(-c2cccc(Br)c2)c1C(=O)O. The Balaban J connectivity index is 2.60. The van der Waals surface area contributed by atoms with E-state index in [0.29, 0.717) is 12.2 Å². The van der Waals surface area contributed by atoms with Gasteiger partial charge in [0, 0.05) is 22.8 Å². The van der Waals surface area contributed by atoms with Gasteiger partial charge in [-0.15, -0.1) is 0 Å². The average molecular weight is 294 g/mol. The minimum absolute atomic E-state index is 0.339. The predicted octanol–water partition coefficient (Wildman–Crippen LogP) is 3.64. The van der Waals surface area contributed by atoms with Crippen molar-refractivity contribution in [1.29, 1.82) is 0 Å². The van der Waals surface area contributed by atoms with Crippen LogP contribution >= 0.6 is 15.9 Å². The predicted molar refractivity (Wildman–Crippen MR) is 70.2 cm³/mol. The van der Waals surface area contributed by atoms with Crippen molar-refractivity contribution in [1.82, 2.24) is 4.57 Å². The van der Waals surface area contributed by atoms with E-state index >= 15 is 0 Å². The number of nitrogens with zero attached hydrogens (tertiary/aromatic N) is 1. The summed E-state index contributed by atoms with van der Waals surface area (Å²) in [6, 6.07) is 9.48. The molecule has 4 heteroatoms. The fourth-order valence-corrected chi connectivity index (χ4v) is 2.26. The van der Waals surface area contributed by atoms with Crippen molar-refractivity contribution in [3.63, 3.8) is 0 Å². The molecule has 3 nitrogen and oxygen atoms in total. The highest BCUT2D eigenvalue weighted by Gasteiger charge is 2.16. The van der Waals surface area contributed by atoms with Crippen LogP contribution in [0.5, 0.6) is 0 Å². The van der Waals surface area contributed by atoms with Gasteiger partial charge in [-0.05, 0) is 30.7 Å². The molecule has 1 aromatic carbocycles. The molecule has 0 aliphatic rings. The Kier molecular flexibility index (Phi) is 3.33. The molecule has 1 aromatic heterocycles. The first kappa shape index (κ1) is 11.9. The fourth-order valence-electron chi connectivity index (χ4n) is 1.86. The lowest BCUT2D eigenvalue weighted by Gasteiger charge is -2.05. The van der Waals surface area contributed by atoms with Crippen LogP contribution in [0, 0.1) is 0 Å². The van der Waals surface area contributed by atoms with Gasteiger partial charge in [0.05, 0.1) is 0 Å². The largest absolute Gasteiger partial charge is 0.477 e. The number of carboxylic acids is 1. The third-order valence-electron chi connectivity index (χ3n) is 2.64. The molecular formula is C13H12BrNO2. The van der Waals surface area contributed by atoms with Crippen molar-refractivity contribution in [3.8, 4) is 11.1 Å². The molecule has 88 valence electrons. The first-order valence-corrected chi connectivity index (χ1v) is 6.11. The normalized spacial score (nSPS) is 10.5. The highest BCUT2D eigenvalue weighted by atomic mass is 79.9. The van der Waals surface area contributed by atoms with Crippen molar-refractivity contribution >= 4 is 21.9 Å². The quantitative estimate of drug-likeness (QED) is 0.939. The Morgan fingerprint density at radius 1 is 1.41 bits per heavy atom. The molecule has 2 aromatic rings. The van der Waals surface area contributed by atoms with Crippen LogP contribution in [0.15, 0.2) is 41.0 Å². The van der Waals surface area contributed by atoms with E-state index in [4.69, 9.17) is 0 Å². The summed E-state index contributed by atoms with van der Waals surface area (Å²) < 4.78 is 2.68. The second-order valence-electron chi connectivity index (χ2n) is 3.68. The second kappa shape index (κ2) is 4.75. The Bertz CT molecular complexity index is 560. The van der Waals surface area contributed by atoms with Gasteiger partial charge in [-0.3, -0.25) is 0 Å². The zero-order valence-corrected chi connectivity index (χ0v) is 10.9. The van der Waals surface area contributed by atoms with Crippen LogP contribution < -0.4 is 0 Å². The number of aryl methyl sites for hydroxylation is 1. The molecule has 0 atom stereocenters. The molecule has 0 radical (unpaired) electrons. The average Bonchev–Trinajstić information content (AvgIpc) is 2.72. The van der Waals surface area contributed by atoms with Gasteiger partial charge in [-0.25, -0.2) is 4.79 Å². The molecule has 0 spiro atoms. The highest BCUT2D eigenvalue weighted by molar-refractivity contribution is 9.10. The van der Waals surface area contributed by atoms with Crippen molar-refractivity contribution in [3.05, 3.63) is 46.7 Å². The number of carboxylic acid groups (broad SMARTS) is 1. The first-order chi connectivity index (χ1) is 8.13. The molecule has 0 unspecified atom stereocenters. The summed E-state index contributed by atoms with van der Waals surface area (Å²) in [6.07, 6.45) is 1.81. The van der Waals surface area contributed by atoms with E-state index < -0.39 is 5.97 Å². The van der Waals surface area contributed by atoms with Crippen LogP contribution in [-0.2, 0) is 6.54 Å². The topological polar surface area (TPSA) is 42.2 Å². The van der Waals surface area contributed by atoms with E-state index in [2.05, 4.69) is 15.9 Å². The monoisotopic (exact) mass is 293 g/mol. The van der Waals surface area contributed by atoms with Gasteiger partial charge in [-0.2, -0.15) is 0 Å². The van der Waals surface area contributed by atoms with Gasteiger partial charge in [0.15, 0.2) is 0 Å². The van der Waals surface area contributed by atoms with Crippen LogP contribution in [0.2, 0.25) is 0 Å². The maximum absolute atomic E-state index is 11.3. The number of aromatic nitrogens is 1. The van der Waals surface area contributed by atoms with Gasteiger partial charge in [-0.1, -0.05) is 28.1 Å². The molecule has 0 amide bonds. The van der Waals surface area contributed by atoms with E-state index in [1.54, 1.807) is 10.8 Å². The number of hydrogen-bond acceptors (Lipinski definition) is 1. The number of carbonyl (C=O) groups is 1. The van der Waals surface area contributed by atoms with Crippen LogP contribution in [0.4, 0.5) is 0 Å². The van der Waals surface area contributed by atoms with E-state index in [1.807, 2.05) is 37.3 Å². The molecule has 0 fully saturated rings. The Labute approximate surface area is 108 Å². The molecule has 0 saturated heterocycles. The van der Waals surface area contributed by atoms with Crippen LogP contribution in [0.1, 0.15) is 17.4 Å². The zero-order valence-electron chi connectivity index (χ0n) is 9.35. The standard InChI is InChI=1S/C13H12BrNO2/c1-2-15-7-6-11(12(15)13(16)17)9-4-3-5-10(14)8-9/h3-8H,2H2,1H3,(H,16,17).